The van der Waals surface area contributed by atoms with Crippen LogP contribution in [0.3, 0.4) is 0 Å². The largest absolute Gasteiger partial charge is 0.351 e. The molecule has 4 aromatic rings. The van der Waals surface area contributed by atoms with Crippen molar-refractivity contribution in [3.63, 3.8) is 0 Å². The quantitative estimate of drug-likeness (QED) is 0.604. The van der Waals surface area contributed by atoms with Crippen molar-refractivity contribution in [2.75, 3.05) is 5.32 Å². The Morgan fingerprint density at radius 2 is 2.00 bits per heavy atom. The molecule has 0 unspecified atom stereocenters. The Labute approximate surface area is 147 Å². The van der Waals surface area contributed by atoms with Crippen LogP contribution in [-0.2, 0) is 13.5 Å². The summed E-state index contributed by atoms with van der Waals surface area (Å²) in [6, 6.07) is 10.3. The van der Waals surface area contributed by atoms with Crippen molar-refractivity contribution in [3.8, 4) is 5.82 Å². The Morgan fingerprint density at radius 3 is 2.80 bits per heavy atom. The zero-order valence-corrected chi connectivity index (χ0v) is 14.7. The maximum atomic E-state index is 4.65. The first-order valence-electron chi connectivity index (χ1n) is 8.47. The third-order valence-electron chi connectivity index (χ3n) is 4.56. The molecule has 3 heterocycles. The monoisotopic (exact) mass is 331 g/mol. The molecule has 1 aromatic carbocycles. The number of hydrogen-bond acceptors (Lipinski definition) is 3. The first kappa shape index (κ1) is 15.4. The number of hydrogen-bond donors (Lipinski definition) is 1. The lowest BCUT2D eigenvalue weighted by atomic mass is 10.2. The van der Waals surface area contributed by atoms with Crippen LogP contribution in [0.25, 0.3) is 16.7 Å². The van der Waals surface area contributed by atoms with Crippen LogP contribution in [-0.4, -0.2) is 19.1 Å². The molecule has 25 heavy (non-hydrogen) atoms. The molecule has 5 heteroatoms. The lowest BCUT2D eigenvalue weighted by Crippen LogP contribution is -2.01. The molecule has 0 amide bonds. The zero-order chi connectivity index (χ0) is 17.4. The fourth-order valence-corrected chi connectivity index (χ4v) is 3.14. The Kier molecular flexibility index (Phi) is 3.76. The van der Waals surface area contributed by atoms with Gasteiger partial charge in [0.25, 0.3) is 0 Å². The third-order valence-corrected chi connectivity index (χ3v) is 4.56. The van der Waals surface area contributed by atoms with Crippen molar-refractivity contribution in [2.24, 2.45) is 7.05 Å². The van der Waals surface area contributed by atoms with Crippen molar-refractivity contribution in [2.45, 2.75) is 20.3 Å². The normalized spacial score (nSPS) is 11.2. The second-order valence-corrected chi connectivity index (χ2v) is 6.29. The molecule has 5 nitrogen and oxygen atoms in total. The fraction of sp³-hybridized carbons (Fsp3) is 0.200. The summed E-state index contributed by atoms with van der Waals surface area (Å²) in [7, 11) is 2.05. The molecule has 0 saturated carbocycles. The van der Waals surface area contributed by atoms with Crippen LogP contribution in [0.5, 0.6) is 0 Å². The molecule has 3 aromatic heterocycles. The van der Waals surface area contributed by atoms with E-state index in [2.05, 4.69) is 75.1 Å². The van der Waals surface area contributed by atoms with Crippen LogP contribution in [0.15, 0.2) is 55.1 Å². The van der Waals surface area contributed by atoms with Crippen LogP contribution in [0.1, 0.15) is 18.1 Å². The minimum Gasteiger partial charge on any atom is -0.351 e. The SMILES string of the molecule is CCc1cn(-c2ccnc(Nc3ccc4c(ccn4C)c3)n2)cc1C. The summed E-state index contributed by atoms with van der Waals surface area (Å²) in [5.41, 5.74) is 4.80. The predicted octanol–water partition coefficient (Wildman–Crippen LogP) is 4.37. The molecule has 126 valence electrons. The molecule has 0 fully saturated rings. The van der Waals surface area contributed by atoms with Gasteiger partial charge in [-0.15, -0.1) is 0 Å². The van der Waals surface area contributed by atoms with Gasteiger partial charge in [-0.05, 0) is 54.8 Å². The van der Waals surface area contributed by atoms with Crippen molar-refractivity contribution in [1.29, 1.82) is 0 Å². The van der Waals surface area contributed by atoms with Gasteiger partial charge in [-0.25, -0.2) is 4.98 Å². The molecule has 0 saturated heterocycles. The third kappa shape index (κ3) is 2.89. The predicted molar refractivity (Wildman–Crippen MR) is 102 cm³/mol. The highest BCUT2D eigenvalue weighted by atomic mass is 15.2. The average Bonchev–Trinajstić information content (AvgIpc) is 3.18. The molecule has 4 rings (SSSR count). The van der Waals surface area contributed by atoms with Crippen LogP contribution >= 0.6 is 0 Å². The fourth-order valence-electron chi connectivity index (χ4n) is 3.14. The number of anilines is 2. The molecule has 0 atom stereocenters. The van der Waals surface area contributed by atoms with Gasteiger partial charge < -0.3 is 14.5 Å². The van der Waals surface area contributed by atoms with E-state index in [1.54, 1.807) is 6.20 Å². The molecular formula is C20H21N5. The maximum absolute atomic E-state index is 4.65. The maximum Gasteiger partial charge on any atom is 0.229 e. The van der Waals surface area contributed by atoms with Crippen LogP contribution < -0.4 is 5.32 Å². The van der Waals surface area contributed by atoms with Gasteiger partial charge in [0, 0.05) is 48.4 Å². The van der Waals surface area contributed by atoms with Crippen LogP contribution in [0.4, 0.5) is 11.6 Å². The smallest absolute Gasteiger partial charge is 0.229 e. The highest BCUT2D eigenvalue weighted by Crippen LogP contribution is 2.22. The van der Waals surface area contributed by atoms with Crippen molar-refractivity contribution >= 4 is 22.5 Å². The van der Waals surface area contributed by atoms with Gasteiger partial charge in [-0.2, -0.15) is 4.98 Å². The van der Waals surface area contributed by atoms with Gasteiger partial charge in [-0.3, -0.25) is 0 Å². The van der Waals surface area contributed by atoms with E-state index < -0.39 is 0 Å². The number of benzene rings is 1. The number of aryl methyl sites for hydroxylation is 3. The molecule has 1 N–H and O–H groups in total. The van der Waals surface area contributed by atoms with E-state index in [1.165, 1.54) is 22.0 Å². The minimum absolute atomic E-state index is 0.595. The number of nitrogens with zero attached hydrogens (tertiary/aromatic N) is 4. The van der Waals surface area contributed by atoms with Crippen LogP contribution in [0.2, 0.25) is 0 Å². The molecule has 0 spiro atoms. The summed E-state index contributed by atoms with van der Waals surface area (Å²) in [5, 5.41) is 4.50. The number of fused-ring (bicyclic) bond motifs is 1. The van der Waals surface area contributed by atoms with Crippen molar-refractivity contribution in [1.82, 2.24) is 19.1 Å². The van der Waals surface area contributed by atoms with Crippen molar-refractivity contribution < 1.29 is 0 Å². The Morgan fingerprint density at radius 1 is 1.12 bits per heavy atom. The Hall–Kier alpha value is -3.08. The van der Waals surface area contributed by atoms with Gasteiger partial charge in [0.05, 0.1) is 0 Å². The van der Waals surface area contributed by atoms with E-state index in [0.29, 0.717) is 5.95 Å². The average molecular weight is 331 g/mol. The minimum atomic E-state index is 0.595. The van der Waals surface area contributed by atoms with Gasteiger partial charge in [-0.1, -0.05) is 6.92 Å². The standard InChI is InChI=1S/C20H21N5/c1-4-15-13-25(12-14(15)2)19-7-9-21-20(23-19)22-17-5-6-18-16(11-17)8-10-24(18)3/h5-13H,4H2,1-3H3,(H,21,22,23). The highest BCUT2D eigenvalue weighted by Gasteiger charge is 2.06. The number of rotatable bonds is 4. The summed E-state index contributed by atoms with van der Waals surface area (Å²) >= 11 is 0. The number of aromatic nitrogens is 4. The lowest BCUT2D eigenvalue weighted by Gasteiger charge is -2.08. The summed E-state index contributed by atoms with van der Waals surface area (Å²) in [4.78, 5) is 9.00. The second-order valence-electron chi connectivity index (χ2n) is 6.29. The Bertz CT molecular complexity index is 1040. The van der Waals surface area contributed by atoms with E-state index in [9.17, 15) is 0 Å². The summed E-state index contributed by atoms with van der Waals surface area (Å²) in [6.45, 7) is 4.30. The van der Waals surface area contributed by atoms with E-state index in [1.807, 2.05) is 19.2 Å². The summed E-state index contributed by atoms with van der Waals surface area (Å²) < 4.78 is 4.16. The van der Waals surface area contributed by atoms with E-state index in [0.717, 1.165) is 17.9 Å². The van der Waals surface area contributed by atoms with Gasteiger partial charge in [0.1, 0.15) is 5.82 Å². The zero-order valence-electron chi connectivity index (χ0n) is 14.7. The lowest BCUT2D eigenvalue weighted by molar-refractivity contribution is 0.969. The Balaban J connectivity index is 1.63. The molecular weight excluding hydrogens is 310 g/mol. The highest BCUT2D eigenvalue weighted by molar-refractivity contribution is 5.84. The van der Waals surface area contributed by atoms with Crippen LogP contribution in [0, 0.1) is 6.92 Å². The second kappa shape index (κ2) is 6.09. The van der Waals surface area contributed by atoms with E-state index in [4.69, 9.17) is 0 Å². The van der Waals surface area contributed by atoms with Gasteiger partial charge in [0.15, 0.2) is 0 Å². The molecule has 0 aliphatic heterocycles. The molecule has 0 aliphatic carbocycles. The molecule has 0 aliphatic rings. The topological polar surface area (TPSA) is 47.7 Å². The molecule has 0 radical (unpaired) electrons. The van der Waals surface area contributed by atoms with E-state index in [-0.39, 0.29) is 0 Å². The first-order valence-corrected chi connectivity index (χ1v) is 8.47. The first-order chi connectivity index (χ1) is 12.1. The summed E-state index contributed by atoms with van der Waals surface area (Å²) in [5.74, 6) is 1.46. The molecule has 0 bridgehead atoms. The van der Waals surface area contributed by atoms with Gasteiger partial charge in [0.2, 0.25) is 5.95 Å². The number of nitrogens with one attached hydrogen (secondary N) is 1. The van der Waals surface area contributed by atoms with Crippen molar-refractivity contribution in [3.05, 3.63) is 66.2 Å². The summed E-state index contributed by atoms with van der Waals surface area (Å²) in [6.07, 6.45) is 9.11. The van der Waals surface area contributed by atoms with Gasteiger partial charge >= 0.3 is 0 Å². The van der Waals surface area contributed by atoms with E-state index >= 15 is 0 Å².